The van der Waals surface area contributed by atoms with E-state index in [9.17, 15) is 0 Å². The summed E-state index contributed by atoms with van der Waals surface area (Å²) < 4.78 is 0. The number of guanidine groups is 1. The van der Waals surface area contributed by atoms with Gasteiger partial charge in [0.2, 0.25) is 0 Å². The van der Waals surface area contributed by atoms with Crippen molar-refractivity contribution < 1.29 is 0 Å². The van der Waals surface area contributed by atoms with Crippen LogP contribution >= 0.6 is 11.3 Å². The quantitative estimate of drug-likeness (QED) is 0.636. The number of thiophene rings is 1. The molecule has 1 unspecified atom stereocenters. The highest BCUT2D eigenvalue weighted by Gasteiger charge is 2.14. The molecule has 0 bridgehead atoms. The Morgan fingerprint density at radius 2 is 1.91 bits per heavy atom. The molecule has 0 aliphatic rings. The predicted octanol–water partition coefficient (Wildman–Crippen LogP) is 2.72. The molecule has 1 aromatic carbocycles. The van der Waals surface area contributed by atoms with Gasteiger partial charge in [0.25, 0.3) is 0 Å². The molecule has 0 aliphatic heterocycles. The van der Waals surface area contributed by atoms with Crippen LogP contribution in [0, 0.1) is 0 Å². The van der Waals surface area contributed by atoms with Crippen LogP contribution in [0.3, 0.4) is 0 Å². The molecule has 118 valence electrons. The zero-order valence-corrected chi connectivity index (χ0v) is 14.2. The van der Waals surface area contributed by atoms with Gasteiger partial charge in [0.15, 0.2) is 5.96 Å². The summed E-state index contributed by atoms with van der Waals surface area (Å²) in [7, 11) is 6.00. The van der Waals surface area contributed by atoms with Gasteiger partial charge in [-0.05, 0) is 31.1 Å². The Labute approximate surface area is 136 Å². The molecule has 0 amide bonds. The van der Waals surface area contributed by atoms with Crippen molar-refractivity contribution in [3.05, 3.63) is 58.3 Å². The fourth-order valence-electron chi connectivity index (χ4n) is 2.27. The second-order valence-electron chi connectivity index (χ2n) is 5.28. The number of nitrogens with one attached hydrogen (secondary N) is 2. The summed E-state index contributed by atoms with van der Waals surface area (Å²) in [6, 6.07) is 15.0. The highest BCUT2D eigenvalue weighted by molar-refractivity contribution is 7.09. The molecule has 0 fully saturated rings. The van der Waals surface area contributed by atoms with Crippen LogP contribution in [0.25, 0.3) is 0 Å². The number of likely N-dealkylation sites (N-methyl/N-ethyl adjacent to an activating group) is 1. The number of rotatable bonds is 6. The Morgan fingerprint density at radius 1 is 1.14 bits per heavy atom. The molecule has 1 aromatic heterocycles. The lowest BCUT2D eigenvalue weighted by Crippen LogP contribution is -2.41. The van der Waals surface area contributed by atoms with E-state index in [-0.39, 0.29) is 0 Å². The van der Waals surface area contributed by atoms with E-state index < -0.39 is 0 Å². The number of nitrogens with zero attached hydrogens (tertiary/aromatic N) is 2. The van der Waals surface area contributed by atoms with Gasteiger partial charge < -0.3 is 15.5 Å². The third-order valence-electron chi connectivity index (χ3n) is 3.50. The van der Waals surface area contributed by atoms with Crippen molar-refractivity contribution in [1.82, 2.24) is 15.5 Å². The molecule has 1 heterocycles. The fourth-order valence-corrected chi connectivity index (χ4v) is 2.92. The van der Waals surface area contributed by atoms with Gasteiger partial charge in [-0.2, -0.15) is 0 Å². The summed E-state index contributed by atoms with van der Waals surface area (Å²) in [5.74, 6) is 0.830. The van der Waals surface area contributed by atoms with Crippen LogP contribution in [0.1, 0.15) is 16.5 Å². The van der Waals surface area contributed by atoms with E-state index in [2.05, 4.69) is 76.4 Å². The van der Waals surface area contributed by atoms with Crippen LogP contribution in [-0.2, 0) is 6.54 Å². The standard InChI is InChI=1S/C17H24N4S/c1-18-17(19-12-15-10-7-11-22-15)20-13-16(21(2)3)14-8-5-4-6-9-14/h4-11,16H,12-13H2,1-3H3,(H2,18,19,20). The predicted molar refractivity (Wildman–Crippen MR) is 95.4 cm³/mol. The average Bonchev–Trinajstić information content (AvgIpc) is 3.04. The normalized spacial score (nSPS) is 13.2. The minimum absolute atomic E-state index is 0.307. The van der Waals surface area contributed by atoms with E-state index in [1.807, 2.05) is 6.07 Å². The first kappa shape index (κ1) is 16.5. The van der Waals surface area contributed by atoms with Gasteiger partial charge in [0.1, 0.15) is 0 Å². The molecule has 0 aliphatic carbocycles. The Morgan fingerprint density at radius 3 is 2.50 bits per heavy atom. The highest BCUT2D eigenvalue weighted by Crippen LogP contribution is 2.16. The molecular weight excluding hydrogens is 292 g/mol. The zero-order chi connectivity index (χ0) is 15.8. The Kier molecular flexibility index (Phi) is 6.43. The topological polar surface area (TPSA) is 39.7 Å². The van der Waals surface area contributed by atoms with Crippen LogP contribution in [0.4, 0.5) is 0 Å². The summed E-state index contributed by atoms with van der Waals surface area (Å²) in [6.07, 6.45) is 0. The number of hydrogen-bond acceptors (Lipinski definition) is 3. The third kappa shape index (κ3) is 4.86. The lowest BCUT2D eigenvalue weighted by Gasteiger charge is -2.26. The van der Waals surface area contributed by atoms with Crippen molar-refractivity contribution in [3.8, 4) is 0 Å². The maximum Gasteiger partial charge on any atom is 0.191 e. The van der Waals surface area contributed by atoms with Gasteiger partial charge in [-0.15, -0.1) is 11.3 Å². The van der Waals surface area contributed by atoms with Crippen molar-refractivity contribution in [2.75, 3.05) is 27.7 Å². The van der Waals surface area contributed by atoms with Crippen molar-refractivity contribution in [1.29, 1.82) is 0 Å². The number of aliphatic imine (C=N–C) groups is 1. The van der Waals surface area contributed by atoms with Crippen LogP contribution in [-0.4, -0.2) is 38.5 Å². The van der Waals surface area contributed by atoms with Gasteiger partial charge in [-0.1, -0.05) is 36.4 Å². The van der Waals surface area contributed by atoms with E-state index in [1.54, 1.807) is 18.4 Å². The lowest BCUT2D eigenvalue weighted by molar-refractivity contribution is 0.298. The summed E-state index contributed by atoms with van der Waals surface area (Å²) >= 11 is 1.75. The molecule has 4 nitrogen and oxygen atoms in total. The minimum Gasteiger partial charge on any atom is -0.354 e. The van der Waals surface area contributed by atoms with Crippen molar-refractivity contribution in [3.63, 3.8) is 0 Å². The lowest BCUT2D eigenvalue weighted by atomic mass is 10.1. The van der Waals surface area contributed by atoms with Crippen LogP contribution < -0.4 is 10.6 Å². The molecule has 2 aromatic rings. The summed E-state index contributed by atoms with van der Waals surface area (Å²) in [5, 5.41) is 8.85. The van der Waals surface area contributed by atoms with Crippen LogP contribution in [0.15, 0.2) is 52.8 Å². The smallest absolute Gasteiger partial charge is 0.191 e. The molecular formula is C17H24N4S. The van der Waals surface area contributed by atoms with E-state index >= 15 is 0 Å². The van der Waals surface area contributed by atoms with Gasteiger partial charge in [0.05, 0.1) is 12.6 Å². The number of hydrogen-bond donors (Lipinski definition) is 2. The van der Waals surface area contributed by atoms with Gasteiger partial charge in [-0.3, -0.25) is 4.99 Å². The Bertz CT molecular complexity index is 564. The molecule has 22 heavy (non-hydrogen) atoms. The minimum atomic E-state index is 0.307. The maximum atomic E-state index is 4.29. The maximum absolute atomic E-state index is 4.29. The average molecular weight is 316 g/mol. The van der Waals surface area contributed by atoms with Gasteiger partial charge in [0, 0.05) is 18.5 Å². The van der Waals surface area contributed by atoms with Crippen molar-refractivity contribution in [2.45, 2.75) is 12.6 Å². The SMILES string of the molecule is CN=C(NCc1cccs1)NCC(c1ccccc1)N(C)C. The first-order valence-corrected chi connectivity index (χ1v) is 8.27. The van der Waals surface area contributed by atoms with Gasteiger partial charge in [-0.25, -0.2) is 0 Å². The third-order valence-corrected chi connectivity index (χ3v) is 4.38. The molecule has 0 radical (unpaired) electrons. The zero-order valence-electron chi connectivity index (χ0n) is 13.4. The van der Waals surface area contributed by atoms with Crippen LogP contribution in [0.5, 0.6) is 0 Å². The van der Waals surface area contributed by atoms with E-state index in [0.717, 1.165) is 19.0 Å². The van der Waals surface area contributed by atoms with Crippen molar-refractivity contribution in [2.24, 2.45) is 4.99 Å². The second-order valence-corrected chi connectivity index (χ2v) is 6.31. The number of benzene rings is 1. The largest absolute Gasteiger partial charge is 0.354 e. The van der Waals surface area contributed by atoms with E-state index in [0.29, 0.717) is 6.04 Å². The molecule has 5 heteroatoms. The first-order valence-electron chi connectivity index (χ1n) is 7.39. The molecule has 0 saturated heterocycles. The molecule has 1 atom stereocenters. The fraction of sp³-hybridized carbons (Fsp3) is 0.353. The monoisotopic (exact) mass is 316 g/mol. The summed E-state index contributed by atoms with van der Waals surface area (Å²) in [6.45, 7) is 1.61. The summed E-state index contributed by atoms with van der Waals surface area (Å²) in [4.78, 5) is 7.81. The molecule has 2 N–H and O–H groups in total. The van der Waals surface area contributed by atoms with Gasteiger partial charge >= 0.3 is 0 Å². The first-order chi connectivity index (χ1) is 10.7. The summed E-state index contributed by atoms with van der Waals surface area (Å²) in [5.41, 5.74) is 1.30. The molecule has 2 rings (SSSR count). The van der Waals surface area contributed by atoms with E-state index in [4.69, 9.17) is 0 Å². The second kappa shape index (κ2) is 8.56. The molecule has 0 saturated carbocycles. The Hall–Kier alpha value is -1.85. The van der Waals surface area contributed by atoms with E-state index in [1.165, 1.54) is 10.4 Å². The van der Waals surface area contributed by atoms with Crippen molar-refractivity contribution >= 4 is 17.3 Å². The Balaban J connectivity index is 1.90. The molecule has 0 spiro atoms. The van der Waals surface area contributed by atoms with Crippen LogP contribution in [0.2, 0.25) is 0 Å². The highest BCUT2D eigenvalue weighted by atomic mass is 32.1.